The van der Waals surface area contributed by atoms with Crippen LogP contribution in [0, 0.1) is 6.92 Å². The summed E-state index contributed by atoms with van der Waals surface area (Å²) >= 11 is 0. The van der Waals surface area contributed by atoms with Crippen LogP contribution in [0.25, 0.3) is 16.8 Å². The molecule has 0 saturated carbocycles. The first kappa shape index (κ1) is 13.6. The number of pyridine rings is 2. The Labute approximate surface area is 122 Å². The molecule has 0 aliphatic heterocycles. The fraction of sp³-hybridized carbons (Fsp3) is 0.143. The first-order valence-electron chi connectivity index (χ1n) is 6.26. The molecule has 0 bridgehead atoms. The second kappa shape index (κ2) is 4.85. The zero-order valence-electron chi connectivity index (χ0n) is 11.5. The Bertz CT molecular complexity index is 949. The number of aromatic nitrogens is 3. The maximum atomic E-state index is 11.7. The van der Waals surface area contributed by atoms with Gasteiger partial charge in [-0.15, -0.1) is 0 Å². The maximum Gasteiger partial charge on any atom is 0.253 e. The number of rotatable bonds is 2. The first-order valence-corrected chi connectivity index (χ1v) is 7.44. The average molecular weight is 303 g/mol. The maximum absolute atomic E-state index is 11.7. The Morgan fingerprint density at radius 1 is 1.14 bits per heavy atom. The lowest BCUT2D eigenvalue weighted by Gasteiger charge is -2.07. The summed E-state index contributed by atoms with van der Waals surface area (Å²) < 4.78 is 25.5. The van der Waals surface area contributed by atoms with Crippen molar-refractivity contribution in [3.8, 4) is 11.1 Å². The normalized spacial score (nSPS) is 11.4. The minimum Gasteiger partial charge on any atom is -0.318 e. The highest BCUT2D eigenvalue weighted by atomic mass is 32.2. The van der Waals surface area contributed by atoms with Crippen LogP contribution < -0.4 is 5.56 Å². The number of imidazole rings is 1. The van der Waals surface area contributed by atoms with Crippen molar-refractivity contribution in [2.24, 2.45) is 7.05 Å². The number of nitrogens with zero attached hydrogens (tertiary/aromatic N) is 3. The van der Waals surface area contributed by atoms with Gasteiger partial charge >= 0.3 is 0 Å². The molecule has 0 saturated heterocycles. The monoisotopic (exact) mass is 303 g/mol. The van der Waals surface area contributed by atoms with Crippen LogP contribution in [-0.2, 0) is 17.8 Å². The predicted molar refractivity (Wildman–Crippen MR) is 79.2 cm³/mol. The van der Waals surface area contributed by atoms with Gasteiger partial charge in [0.25, 0.3) is 5.56 Å². The van der Waals surface area contributed by atoms with Gasteiger partial charge in [-0.1, -0.05) is 0 Å². The topological polar surface area (TPSA) is 73.4 Å². The van der Waals surface area contributed by atoms with Crippen molar-refractivity contribution >= 4 is 16.4 Å². The van der Waals surface area contributed by atoms with Crippen LogP contribution in [0.4, 0.5) is 0 Å². The van der Waals surface area contributed by atoms with Crippen LogP contribution in [0.5, 0.6) is 0 Å². The summed E-state index contributed by atoms with van der Waals surface area (Å²) in [5.41, 5.74) is 2.81. The van der Waals surface area contributed by atoms with E-state index in [-0.39, 0.29) is 10.6 Å². The van der Waals surface area contributed by atoms with Crippen LogP contribution >= 0.6 is 0 Å². The summed E-state index contributed by atoms with van der Waals surface area (Å²) in [6.45, 7) is 1.75. The van der Waals surface area contributed by atoms with Crippen LogP contribution in [0.2, 0.25) is 0 Å². The van der Waals surface area contributed by atoms with Gasteiger partial charge in [-0.3, -0.25) is 9.20 Å². The molecular weight excluding hydrogens is 290 g/mol. The van der Waals surface area contributed by atoms with Crippen molar-refractivity contribution < 1.29 is 8.42 Å². The average Bonchev–Trinajstić information content (AvgIpc) is 2.87. The number of thiol groups is 1. The van der Waals surface area contributed by atoms with E-state index in [2.05, 4.69) is 4.98 Å². The van der Waals surface area contributed by atoms with Crippen molar-refractivity contribution in [2.45, 2.75) is 11.9 Å². The third-order valence-corrected chi connectivity index (χ3v) is 4.07. The van der Waals surface area contributed by atoms with Gasteiger partial charge in [-0.25, -0.2) is 13.4 Å². The van der Waals surface area contributed by atoms with Gasteiger partial charge in [0.15, 0.2) is 15.7 Å². The van der Waals surface area contributed by atoms with E-state index < -0.39 is 10.7 Å². The highest BCUT2D eigenvalue weighted by Gasteiger charge is 2.08. The Morgan fingerprint density at radius 3 is 2.57 bits per heavy atom. The Morgan fingerprint density at radius 2 is 1.90 bits per heavy atom. The number of fused-ring (bicyclic) bond motifs is 1. The molecule has 108 valence electrons. The van der Waals surface area contributed by atoms with Gasteiger partial charge in [0.2, 0.25) is 0 Å². The summed E-state index contributed by atoms with van der Waals surface area (Å²) in [6.07, 6.45) is 4.77. The molecule has 3 aromatic rings. The Balaban J connectivity index is 2.26. The van der Waals surface area contributed by atoms with Crippen molar-refractivity contribution in [3.05, 3.63) is 52.7 Å². The van der Waals surface area contributed by atoms with Crippen molar-refractivity contribution in [1.82, 2.24) is 14.0 Å². The van der Waals surface area contributed by atoms with E-state index in [9.17, 15) is 13.2 Å². The van der Waals surface area contributed by atoms with Gasteiger partial charge in [-0.2, -0.15) is 0 Å². The molecule has 6 nitrogen and oxygen atoms in total. The van der Waals surface area contributed by atoms with Gasteiger partial charge in [0.1, 0.15) is 5.65 Å². The zero-order valence-corrected chi connectivity index (χ0v) is 12.4. The van der Waals surface area contributed by atoms with E-state index in [0.29, 0.717) is 11.2 Å². The van der Waals surface area contributed by atoms with Crippen LogP contribution in [0.1, 0.15) is 5.56 Å². The van der Waals surface area contributed by atoms with E-state index in [1.54, 1.807) is 38.5 Å². The van der Waals surface area contributed by atoms with Crippen molar-refractivity contribution in [1.29, 1.82) is 0 Å². The molecular formula is C14H13N3O3S. The van der Waals surface area contributed by atoms with Gasteiger partial charge in [0, 0.05) is 25.0 Å². The lowest BCUT2D eigenvalue weighted by molar-refractivity contribution is 0.610. The highest BCUT2D eigenvalue weighted by molar-refractivity contribution is 7.72. The number of aryl methyl sites for hydroxylation is 2. The molecule has 0 fully saturated rings. The molecule has 0 atom stereocenters. The molecule has 0 aliphatic rings. The SMILES string of the molecule is Cc1cc(-c2ccc3ncc([SH](=O)=O)n3c2)cn(C)c1=O. The third kappa shape index (κ3) is 2.25. The molecule has 0 aromatic carbocycles. The van der Waals surface area contributed by atoms with Crippen molar-refractivity contribution in [2.75, 3.05) is 0 Å². The molecule has 0 unspecified atom stereocenters. The van der Waals surface area contributed by atoms with E-state index in [0.717, 1.165) is 11.1 Å². The fourth-order valence-electron chi connectivity index (χ4n) is 2.31. The fourth-order valence-corrected chi connectivity index (χ4v) is 2.80. The van der Waals surface area contributed by atoms with E-state index >= 15 is 0 Å². The van der Waals surface area contributed by atoms with Gasteiger partial charge in [0.05, 0.1) is 6.20 Å². The molecule has 0 radical (unpaired) electrons. The van der Waals surface area contributed by atoms with E-state index in [1.165, 1.54) is 15.2 Å². The molecule has 0 amide bonds. The highest BCUT2D eigenvalue weighted by Crippen LogP contribution is 2.20. The second-order valence-corrected chi connectivity index (χ2v) is 5.82. The zero-order chi connectivity index (χ0) is 15.1. The third-order valence-electron chi connectivity index (χ3n) is 3.37. The largest absolute Gasteiger partial charge is 0.318 e. The molecule has 0 spiro atoms. The van der Waals surface area contributed by atoms with Crippen LogP contribution in [0.15, 0.2) is 46.6 Å². The lowest BCUT2D eigenvalue weighted by Crippen LogP contribution is -2.18. The van der Waals surface area contributed by atoms with Crippen molar-refractivity contribution in [3.63, 3.8) is 0 Å². The molecule has 0 N–H and O–H groups in total. The minimum atomic E-state index is -2.71. The van der Waals surface area contributed by atoms with Gasteiger partial charge < -0.3 is 4.57 Å². The van der Waals surface area contributed by atoms with E-state index in [4.69, 9.17) is 0 Å². The predicted octanol–water partition coefficient (Wildman–Crippen LogP) is 0.979. The first-order chi connectivity index (χ1) is 9.97. The Hall–Kier alpha value is -2.41. The summed E-state index contributed by atoms with van der Waals surface area (Å²) in [4.78, 5) is 15.8. The Kier molecular flexibility index (Phi) is 3.13. The van der Waals surface area contributed by atoms with E-state index in [1.807, 2.05) is 6.07 Å². The molecule has 3 heterocycles. The molecule has 7 heteroatoms. The number of hydrogen-bond donors (Lipinski definition) is 1. The summed E-state index contributed by atoms with van der Waals surface area (Å²) in [5, 5.41) is 0.142. The second-order valence-electron chi connectivity index (χ2n) is 4.85. The van der Waals surface area contributed by atoms with Crippen LogP contribution in [0.3, 0.4) is 0 Å². The molecule has 3 rings (SSSR count). The number of hydrogen-bond acceptors (Lipinski definition) is 4. The molecule has 21 heavy (non-hydrogen) atoms. The minimum absolute atomic E-state index is 0.0502. The van der Waals surface area contributed by atoms with Crippen LogP contribution in [-0.4, -0.2) is 22.4 Å². The summed E-state index contributed by atoms with van der Waals surface area (Å²) in [7, 11) is -1.02. The molecule has 3 aromatic heterocycles. The lowest BCUT2D eigenvalue weighted by atomic mass is 10.1. The quantitative estimate of drug-likeness (QED) is 0.716. The standard InChI is InChI=1S/C14H13N3O3S/c1-9-5-11(7-16(2)14(9)18)10-3-4-12-15-6-13(21(19)20)17(12)8-10/h3-8,21H,1-2H3. The smallest absolute Gasteiger partial charge is 0.253 e. The van der Waals surface area contributed by atoms with Gasteiger partial charge in [-0.05, 0) is 36.2 Å². The summed E-state index contributed by atoms with van der Waals surface area (Å²) in [6, 6.07) is 5.39. The molecule has 0 aliphatic carbocycles. The summed E-state index contributed by atoms with van der Waals surface area (Å²) in [5.74, 6) is 0.